The van der Waals surface area contributed by atoms with Gasteiger partial charge in [0.25, 0.3) is 0 Å². The number of aromatic hydroxyl groups is 2. The van der Waals surface area contributed by atoms with E-state index >= 15 is 0 Å². The van der Waals surface area contributed by atoms with E-state index in [1.807, 2.05) is 12.1 Å². The highest BCUT2D eigenvalue weighted by molar-refractivity contribution is 6.82. The molecular weight excluding hydrogens is 693 g/mol. The van der Waals surface area contributed by atoms with E-state index in [-0.39, 0.29) is 15.9 Å². The van der Waals surface area contributed by atoms with Gasteiger partial charge >= 0.3 is 0 Å². The Hall–Kier alpha value is -1.17. The molecule has 0 saturated carbocycles. The predicted octanol–water partition coefficient (Wildman–Crippen LogP) is 13.4. The van der Waals surface area contributed by atoms with Crippen LogP contribution in [0.25, 0.3) is 0 Å². The molecule has 0 fully saturated rings. The highest BCUT2D eigenvalue weighted by atomic mass is 28.4. The summed E-state index contributed by atoms with van der Waals surface area (Å²) in [7, 11) is -6.84. The molecule has 0 aliphatic carbocycles. The summed E-state index contributed by atoms with van der Waals surface area (Å²) in [6.45, 7) is 37.9. The van der Waals surface area contributed by atoms with Gasteiger partial charge in [0.2, 0.25) is 0 Å². The second-order valence-electron chi connectivity index (χ2n) is 19.7. The predicted molar refractivity (Wildman–Crippen MR) is 234 cm³/mol. The van der Waals surface area contributed by atoms with Gasteiger partial charge in [-0.25, -0.2) is 0 Å². The number of rotatable bonds is 22. The molecule has 2 rings (SSSR count). The molecule has 2 N–H and O–H groups in total. The largest absolute Gasteiger partial charge is 0.508 e. The second kappa shape index (κ2) is 18.0. The van der Waals surface area contributed by atoms with Crippen molar-refractivity contribution < 1.29 is 19.1 Å². The van der Waals surface area contributed by atoms with Gasteiger partial charge in [0, 0.05) is 15.9 Å². The van der Waals surface area contributed by atoms with Crippen LogP contribution >= 0.6 is 0 Å². The van der Waals surface area contributed by atoms with Crippen LogP contribution in [0.5, 0.6) is 11.5 Å². The van der Waals surface area contributed by atoms with E-state index in [1.165, 1.54) is 48.9 Å². The molecule has 0 saturated heterocycles. The number of benzene rings is 2. The van der Waals surface area contributed by atoms with Gasteiger partial charge in [0.15, 0.2) is 16.6 Å². The van der Waals surface area contributed by atoms with Crippen LogP contribution in [0.4, 0.5) is 0 Å². The molecule has 292 valence electrons. The Labute approximate surface area is 319 Å². The van der Waals surface area contributed by atoms with Crippen LogP contribution in [0, 0.1) is 0 Å². The summed E-state index contributed by atoms with van der Waals surface area (Å²) in [5.74, 6) is 0.756. The number of hydrogen-bond acceptors (Lipinski definition) is 4. The topological polar surface area (TPSA) is 58.9 Å². The van der Waals surface area contributed by atoms with Crippen LogP contribution in [0.1, 0.15) is 116 Å². The van der Waals surface area contributed by atoms with E-state index in [9.17, 15) is 10.2 Å². The van der Waals surface area contributed by atoms with Crippen LogP contribution in [0.2, 0.25) is 76.6 Å². The third-order valence-corrected chi connectivity index (χ3v) is 28.3. The summed E-state index contributed by atoms with van der Waals surface area (Å²) in [6.07, 6.45) is 8.76. The molecule has 0 unspecified atom stereocenters. The van der Waals surface area contributed by atoms with E-state index in [0.717, 1.165) is 48.9 Å². The Kier molecular flexibility index (Phi) is 16.2. The highest BCUT2D eigenvalue weighted by Crippen LogP contribution is 2.39. The monoisotopic (exact) mass is 773 g/mol. The lowest BCUT2D eigenvalue weighted by Gasteiger charge is -2.45. The van der Waals surface area contributed by atoms with Crippen molar-refractivity contribution in [1.82, 2.24) is 0 Å². The fourth-order valence-corrected chi connectivity index (χ4v) is 20.1. The molecule has 0 aliphatic rings. The summed E-state index contributed by atoms with van der Waals surface area (Å²) in [5, 5.41) is 21.8. The molecule has 0 radical (unpaired) electrons. The van der Waals surface area contributed by atoms with Crippen molar-refractivity contribution in [2.75, 3.05) is 0 Å². The number of unbranched alkanes of at least 4 members (excludes halogenated alkanes) is 2. The first-order valence-electron chi connectivity index (χ1n) is 20.3. The van der Waals surface area contributed by atoms with Crippen LogP contribution in [-0.2, 0) is 27.1 Å². The van der Waals surface area contributed by atoms with Gasteiger partial charge in [-0.3, -0.25) is 0 Å². The minimum absolute atomic E-state index is 0.0394. The highest BCUT2D eigenvalue weighted by Gasteiger charge is 2.44. The van der Waals surface area contributed by atoms with Gasteiger partial charge < -0.3 is 19.1 Å². The molecule has 8 heteroatoms. The third kappa shape index (κ3) is 13.0. The lowest BCUT2D eigenvalue weighted by molar-refractivity contribution is 0.172. The zero-order valence-corrected chi connectivity index (χ0v) is 40.2. The number of phenols is 2. The van der Waals surface area contributed by atoms with Gasteiger partial charge in [0.05, 0.1) is 16.1 Å². The zero-order valence-electron chi connectivity index (χ0n) is 36.2. The Morgan fingerprint density at radius 2 is 0.843 bits per heavy atom. The summed E-state index contributed by atoms with van der Waals surface area (Å²) in [5.41, 5.74) is 4.11. The van der Waals surface area contributed by atoms with Crippen molar-refractivity contribution in [2.24, 2.45) is 0 Å². The molecule has 4 nitrogen and oxygen atoms in total. The smallest absolute Gasteiger partial charge is 0.187 e. The number of phenolic OH excluding ortho intramolecular Hbond substituents is 2. The second-order valence-corrected chi connectivity index (χ2v) is 39.1. The van der Waals surface area contributed by atoms with E-state index in [0.29, 0.717) is 11.5 Å². The fraction of sp³-hybridized carbons (Fsp3) is 0.721. The lowest BCUT2D eigenvalue weighted by Crippen LogP contribution is -2.56. The van der Waals surface area contributed by atoms with Gasteiger partial charge in [-0.05, 0) is 126 Å². The van der Waals surface area contributed by atoms with Crippen LogP contribution in [-0.4, -0.2) is 53.4 Å². The van der Waals surface area contributed by atoms with Gasteiger partial charge in [-0.15, -0.1) is 0 Å². The molecule has 0 aliphatic heterocycles. The Balaban J connectivity index is 2.14. The van der Waals surface area contributed by atoms with Crippen molar-refractivity contribution in [3.8, 4) is 11.5 Å². The van der Waals surface area contributed by atoms with Crippen molar-refractivity contribution >= 4 is 32.8 Å². The first-order chi connectivity index (χ1) is 23.2. The van der Waals surface area contributed by atoms with E-state index in [4.69, 9.17) is 8.85 Å². The Morgan fingerprint density at radius 3 is 1.16 bits per heavy atom. The van der Waals surface area contributed by atoms with E-state index in [1.54, 1.807) is 0 Å². The number of aryl methyl sites for hydroxylation is 2. The minimum Gasteiger partial charge on any atom is -0.508 e. The normalized spacial score (nSPS) is 14.0. The van der Waals surface area contributed by atoms with Crippen molar-refractivity contribution in [1.29, 1.82) is 0 Å². The third-order valence-electron chi connectivity index (χ3n) is 12.7. The fourth-order valence-electron chi connectivity index (χ4n) is 7.52. The summed E-state index contributed by atoms with van der Waals surface area (Å²) < 4.78 is 14.0. The molecule has 2 aromatic rings. The Morgan fingerprint density at radius 1 is 0.510 bits per heavy atom. The lowest BCUT2D eigenvalue weighted by atomic mass is 9.76. The van der Waals surface area contributed by atoms with E-state index in [2.05, 4.69) is 132 Å². The molecule has 51 heavy (non-hydrogen) atoms. The van der Waals surface area contributed by atoms with Crippen LogP contribution in [0.15, 0.2) is 36.4 Å². The SMILES string of the molecule is CCCC[Si](C)(C)C(C)(C)O[Si](C)(C)CCCc1cc(C(C)(C)c2ccc(O)c(CCC[Si](C)(C)OC(C)(C)[Si](C)(C)CCCC)c2)ccc1O. The Bertz CT molecular complexity index is 1290. The summed E-state index contributed by atoms with van der Waals surface area (Å²) in [4.78, 5) is 0. The van der Waals surface area contributed by atoms with Crippen LogP contribution in [0.3, 0.4) is 0 Å². The maximum Gasteiger partial charge on any atom is 0.187 e. The maximum atomic E-state index is 10.9. The average molecular weight is 773 g/mol. The van der Waals surface area contributed by atoms with E-state index < -0.39 is 32.8 Å². The van der Waals surface area contributed by atoms with Crippen molar-refractivity contribution in [2.45, 2.75) is 199 Å². The first kappa shape index (κ1) is 46.0. The van der Waals surface area contributed by atoms with Crippen molar-refractivity contribution in [3.05, 3.63) is 58.7 Å². The molecule has 0 bridgehead atoms. The summed E-state index contributed by atoms with van der Waals surface area (Å²) >= 11 is 0. The standard InChI is InChI=1S/C43H80O4Si4/c1-17-19-29-48(9,10)42(5,6)46-50(13,14)31-21-23-35-33-37(25-27-39(35)44)41(3,4)38-26-28-40(45)36(34-38)24-22-32-51(15,16)47-43(7,8)49(11,12)30-20-18-2/h25-28,33-34,44-45H,17-24,29-32H2,1-16H3. The molecular formula is C43H80O4Si4. The zero-order chi connectivity index (χ0) is 39.1. The maximum absolute atomic E-state index is 10.9. The summed E-state index contributed by atoms with van der Waals surface area (Å²) in [6, 6.07) is 17.1. The van der Waals surface area contributed by atoms with Crippen LogP contribution < -0.4 is 0 Å². The van der Waals surface area contributed by atoms with Gasteiger partial charge in [-0.2, -0.15) is 0 Å². The quantitative estimate of drug-likeness (QED) is 0.117. The molecule has 0 atom stereocenters. The molecule has 0 amide bonds. The molecule has 0 heterocycles. The average Bonchev–Trinajstić information content (AvgIpc) is 2.99. The minimum atomic E-state index is -1.90. The molecule has 0 aromatic heterocycles. The number of hydrogen-bond donors (Lipinski definition) is 2. The first-order valence-corrected chi connectivity index (χ1v) is 32.9. The van der Waals surface area contributed by atoms with Gasteiger partial charge in [-0.1, -0.05) is 116 Å². The molecule has 2 aromatic carbocycles. The molecule has 0 spiro atoms. The van der Waals surface area contributed by atoms with Crippen molar-refractivity contribution in [3.63, 3.8) is 0 Å². The van der Waals surface area contributed by atoms with Gasteiger partial charge in [0.1, 0.15) is 11.5 Å².